The summed E-state index contributed by atoms with van der Waals surface area (Å²) in [6.07, 6.45) is 1.52. The minimum absolute atomic E-state index is 0.0689. The lowest BCUT2D eigenvalue weighted by Gasteiger charge is -2.21. The van der Waals surface area contributed by atoms with E-state index in [2.05, 4.69) is 15.1 Å². The zero-order valence-electron chi connectivity index (χ0n) is 12.2. The van der Waals surface area contributed by atoms with Crippen LogP contribution in [0.4, 0.5) is 0 Å². The number of nitrogens with zero attached hydrogens (tertiary/aromatic N) is 4. The van der Waals surface area contributed by atoms with E-state index in [9.17, 15) is 0 Å². The van der Waals surface area contributed by atoms with Gasteiger partial charge in [-0.1, -0.05) is 5.16 Å². The summed E-state index contributed by atoms with van der Waals surface area (Å²) in [6.45, 7) is 5.91. The van der Waals surface area contributed by atoms with E-state index < -0.39 is 5.54 Å². The summed E-state index contributed by atoms with van der Waals surface area (Å²) < 4.78 is 10.7. The number of rotatable bonds is 5. The van der Waals surface area contributed by atoms with Crippen LogP contribution in [-0.4, -0.2) is 27.8 Å². The van der Waals surface area contributed by atoms with Crippen LogP contribution in [0.3, 0.4) is 0 Å². The van der Waals surface area contributed by atoms with Gasteiger partial charge in [-0.25, -0.2) is 4.98 Å². The molecule has 7 nitrogen and oxygen atoms in total. The molecule has 0 saturated heterocycles. The molecule has 1 unspecified atom stereocenters. The number of hydrogen-bond donors (Lipinski definition) is 1. The van der Waals surface area contributed by atoms with Crippen molar-refractivity contribution in [3.05, 3.63) is 29.7 Å². The van der Waals surface area contributed by atoms with E-state index in [-0.39, 0.29) is 18.6 Å². The summed E-state index contributed by atoms with van der Waals surface area (Å²) in [7, 11) is 0. The van der Waals surface area contributed by atoms with Gasteiger partial charge in [-0.15, -0.1) is 0 Å². The van der Waals surface area contributed by atoms with E-state index >= 15 is 0 Å². The fourth-order valence-electron chi connectivity index (χ4n) is 1.55. The van der Waals surface area contributed by atoms with Crippen LogP contribution < -0.4 is 5.73 Å². The summed E-state index contributed by atoms with van der Waals surface area (Å²) >= 11 is 0. The van der Waals surface area contributed by atoms with Gasteiger partial charge >= 0.3 is 0 Å². The third-order valence-corrected chi connectivity index (χ3v) is 2.77. The average molecular weight is 287 g/mol. The zero-order chi connectivity index (χ0) is 15.5. The van der Waals surface area contributed by atoms with Crippen molar-refractivity contribution in [1.82, 2.24) is 15.1 Å². The molecular formula is C14H17N5O2. The normalized spacial score (nSPS) is 13.9. The van der Waals surface area contributed by atoms with Gasteiger partial charge in [-0.3, -0.25) is 0 Å². The molecule has 2 aromatic heterocycles. The van der Waals surface area contributed by atoms with E-state index in [0.717, 1.165) is 0 Å². The lowest BCUT2D eigenvalue weighted by Crippen LogP contribution is -2.40. The van der Waals surface area contributed by atoms with E-state index in [1.807, 2.05) is 19.9 Å². The quantitative estimate of drug-likeness (QED) is 0.888. The molecule has 7 heteroatoms. The Kier molecular flexibility index (Phi) is 4.31. The number of nitrogens with two attached hydrogens (primary N) is 1. The molecule has 0 radical (unpaired) electrons. The van der Waals surface area contributed by atoms with Gasteiger partial charge in [0.1, 0.15) is 17.3 Å². The molecule has 0 saturated carbocycles. The molecular weight excluding hydrogens is 270 g/mol. The smallest absolute Gasteiger partial charge is 0.276 e. The van der Waals surface area contributed by atoms with Gasteiger partial charge in [0.25, 0.3) is 5.89 Å². The largest absolute Gasteiger partial charge is 0.376 e. The number of nitriles is 1. The lowest BCUT2D eigenvalue weighted by molar-refractivity contribution is 0.0410. The molecule has 2 rings (SSSR count). The Bertz CT molecular complexity index is 640. The van der Waals surface area contributed by atoms with Crippen LogP contribution in [0, 0.1) is 11.3 Å². The SMILES string of the molecule is CC(C)OCC(C)(N)c1noc(-c2ccc(C#N)cn2)n1. The molecule has 0 aliphatic rings. The predicted octanol–water partition coefficient (Wildman–Crippen LogP) is 1.60. The van der Waals surface area contributed by atoms with Crippen LogP contribution in [-0.2, 0) is 10.3 Å². The molecule has 2 N–H and O–H groups in total. The summed E-state index contributed by atoms with van der Waals surface area (Å²) in [5, 5.41) is 12.6. The fourth-order valence-corrected chi connectivity index (χ4v) is 1.55. The minimum atomic E-state index is -0.849. The van der Waals surface area contributed by atoms with E-state index in [1.54, 1.807) is 19.1 Å². The van der Waals surface area contributed by atoms with Crippen molar-refractivity contribution in [1.29, 1.82) is 5.26 Å². The first-order valence-electron chi connectivity index (χ1n) is 6.53. The number of ether oxygens (including phenoxy) is 1. The first-order chi connectivity index (χ1) is 9.92. The summed E-state index contributed by atoms with van der Waals surface area (Å²) in [4.78, 5) is 8.36. The van der Waals surface area contributed by atoms with Gasteiger partial charge in [-0.2, -0.15) is 10.2 Å². The summed E-state index contributed by atoms with van der Waals surface area (Å²) in [5.41, 5.74) is 6.26. The van der Waals surface area contributed by atoms with Crippen LogP contribution in [0.2, 0.25) is 0 Å². The first-order valence-corrected chi connectivity index (χ1v) is 6.53. The lowest BCUT2D eigenvalue weighted by atomic mass is 10.1. The Labute approximate surface area is 122 Å². The molecule has 1 atom stereocenters. The summed E-state index contributed by atoms with van der Waals surface area (Å²) in [6, 6.07) is 5.28. The molecule has 0 aliphatic heterocycles. The molecule has 0 bridgehead atoms. The van der Waals surface area contributed by atoms with Crippen molar-refractivity contribution in [2.24, 2.45) is 5.73 Å². The highest BCUT2D eigenvalue weighted by Crippen LogP contribution is 2.20. The molecule has 0 aliphatic carbocycles. The maximum Gasteiger partial charge on any atom is 0.276 e. The van der Waals surface area contributed by atoms with Crippen LogP contribution in [0.15, 0.2) is 22.9 Å². The molecule has 2 heterocycles. The Balaban J connectivity index is 2.18. The molecule has 0 aromatic carbocycles. The zero-order valence-corrected chi connectivity index (χ0v) is 12.2. The van der Waals surface area contributed by atoms with Crippen molar-refractivity contribution in [2.45, 2.75) is 32.4 Å². The predicted molar refractivity (Wildman–Crippen MR) is 74.9 cm³/mol. The monoisotopic (exact) mass is 287 g/mol. The van der Waals surface area contributed by atoms with Crippen LogP contribution >= 0.6 is 0 Å². The second kappa shape index (κ2) is 5.99. The summed E-state index contributed by atoms with van der Waals surface area (Å²) in [5.74, 6) is 0.611. The van der Waals surface area contributed by atoms with Crippen molar-refractivity contribution in [2.75, 3.05) is 6.61 Å². The Morgan fingerprint density at radius 3 is 2.81 bits per heavy atom. The third-order valence-electron chi connectivity index (χ3n) is 2.77. The van der Waals surface area contributed by atoms with E-state index in [0.29, 0.717) is 17.1 Å². The van der Waals surface area contributed by atoms with E-state index in [4.69, 9.17) is 20.3 Å². The third kappa shape index (κ3) is 3.62. The van der Waals surface area contributed by atoms with Gasteiger partial charge in [0, 0.05) is 6.20 Å². The maximum atomic E-state index is 8.74. The second-order valence-electron chi connectivity index (χ2n) is 5.24. The number of hydrogen-bond acceptors (Lipinski definition) is 7. The van der Waals surface area contributed by atoms with Gasteiger partial charge in [-0.05, 0) is 32.9 Å². The molecule has 0 spiro atoms. The Morgan fingerprint density at radius 2 is 2.24 bits per heavy atom. The highest BCUT2D eigenvalue weighted by Gasteiger charge is 2.28. The van der Waals surface area contributed by atoms with Crippen LogP contribution in [0.25, 0.3) is 11.6 Å². The molecule has 21 heavy (non-hydrogen) atoms. The minimum Gasteiger partial charge on any atom is -0.376 e. The average Bonchev–Trinajstić information content (AvgIpc) is 2.96. The van der Waals surface area contributed by atoms with Crippen LogP contribution in [0.5, 0.6) is 0 Å². The van der Waals surface area contributed by atoms with Gasteiger partial charge in [0.15, 0.2) is 5.82 Å². The highest BCUT2D eigenvalue weighted by atomic mass is 16.5. The molecule has 110 valence electrons. The molecule has 0 fully saturated rings. The number of aromatic nitrogens is 3. The topological polar surface area (TPSA) is 111 Å². The number of pyridine rings is 1. The van der Waals surface area contributed by atoms with Crippen molar-refractivity contribution in [3.8, 4) is 17.7 Å². The molecule has 2 aromatic rings. The van der Waals surface area contributed by atoms with Crippen molar-refractivity contribution in [3.63, 3.8) is 0 Å². The van der Waals surface area contributed by atoms with Crippen molar-refractivity contribution < 1.29 is 9.26 Å². The van der Waals surface area contributed by atoms with E-state index in [1.165, 1.54) is 6.20 Å². The highest BCUT2D eigenvalue weighted by molar-refractivity contribution is 5.47. The van der Waals surface area contributed by atoms with Crippen molar-refractivity contribution >= 4 is 0 Å². The Hall–Kier alpha value is -2.30. The van der Waals surface area contributed by atoms with Gasteiger partial charge in [0.2, 0.25) is 0 Å². The fraction of sp³-hybridized carbons (Fsp3) is 0.429. The van der Waals surface area contributed by atoms with Gasteiger partial charge in [0.05, 0.1) is 18.3 Å². The van der Waals surface area contributed by atoms with Gasteiger partial charge < -0.3 is 15.0 Å². The maximum absolute atomic E-state index is 8.74. The standard InChI is InChI=1S/C14H17N5O2/c1-9(2)20-8-14(3,16)13-18-12(21-19-13)11-5-4-10(6-15)7-17-11/h4-5,7,9H,8,16H2,1-3H3. The molecule has 0 amide bonds. The Morgan fingerprint density at radius 1 is 1.48 bits per heavy atom. The first kappa shape index (κ1) is 15.1. The second-order valence-corrected chi connectivity index (χ2v) is 5.24. The van der Waals surface area contributed by atoms with Crippen LogP contribution in [0.1, 0.15) is 32.2 Å².